The van der Waals surface area contributed by atoms with E-state index in [-0.39, 0.29) is 0 Å². The average Bonchev–Trinajstić information content (AvgIpc) is 2.14. The molecular formula is C11H24N2O4S. The van der Waals surface area contributed by atoms with E-state index in [9.17, 15) is 13.2 Å². The minimum absolute atomic E-state index is 0.426. The molecule has 0 aliphatic heterocycles. The zero-order valence-electron chi connectivity index (χ0n) is 11.5. The average molecular weight is 280 g/mol. The van der Waals surface area contributed by atoms with Crippen LogP contribution in [0.2, 0.25) is 0 Å². The maximum atomic E-state index is 11.6. The van der Waals surface area contributed by atoms with E-state index in [1.54, 1.807) is 0 Å². The lowest BCUT2D eigenvalue weighted by Gasteiger charge is -2.27. The van der Waals surface area contributed by atoms with Gasteiger partial charge >= 0.3 is 0 Å². The molecule has 1 atom stereocenters. The van der Waals surface area contributed by atoms with Crippen molar-refractivity contribution in [1.29, 1.82) is 0 Å². The Hall–Kier alpha value is -0.660. The lowest BCUT2D eigenvalue weighted by Crippen LogP contribution is -2.51. The lowest BCUT2D eigenvalue weighted by atomic mass is 9.96. The van der Waals surface area contributed by atoms with Crippen molar-refractivity contribution in [2.24, 2.45) is 5.73 Å². The SMILES string of the molecule is CCCCCC(C)(C)NC(=O)C(N)OS(C)(=O)=O. The van der Waals surface area contributed by atoms with Crippen molar-refractivity contribution in [3.05, 3.63) is 0 Å². The molecule has 0 fully saturated rings. The maximum Gasteiger partial charge on any atom is 0.266 e. The third-order valence-electron chi connectivity index (χ3n) is 2.40. The Balaban J connectivity index is 4.28. The molecule has 0 spiro atoms. The van der Waals surface area contributed by atoms with Crippen LogP contribution in [0.1, 0.15) is 46.5 Å². The topological polar surface area (TPSA) is 98.5 Å². The molecule has 0 saturated carbocycles. The van der Waals surface area contributed by atoms with Gasteiger partial charge in [-0.1, -0.05) is 26.2 Å². The summed E-state index contributed by atoms with van der Waals surface area (Å²) >= 11 is 0. The van der Waals surface area contributed by atoms with Gasteiger partial charge in [0.05, 0.1) is 6.26 Å². The van der Waals surface area contributed by atoms with E-state index in [2.05, 4.69) is 16.4 Å². The minimum atomic E-state index is -3.73. The molecule has 0 aliphatic carbocycles. The third-order valence-corrected chi connectivity index (χ3v) is 2.96. The molecule has 0 radical (unpaired) electrons. The first-order valence-electron chi connectivity index (χ1n) is 6.03. The standard InChI is InChI=1S/C11H24N2O4S/c1-5-6-7-8-11(2,3)13-10(14)9(12)17-18(4,15)16/h9H,5-8,12H2,1-4H3,(H,13,14). The molecule has 0 heterocycles. The summed E-state index contributed by atoms with van der Waals surface area (Å²) < 4.78 is 26.1. The summed E-state index contributed by atoms with van der Waals surface area (Å²) in [6, 6.07) is 0. The van der Waals surface area contributed by atoms with Gasteiger partial charge in [0.2, 0.25) is 6.23 Å². The third kappa shape index (κ3) is 8.43. The van der Waals surface area contributed by atoms with Gasteiger partial charge in [-0.25, -0.2) is 4.18 Å². The van der Waals surface area contributed by atoms with E-state index < -0.39 is 27.8 Å². The molecule has 1 unspecified atom stereocenters. The monoisotopic (exact) mass is 280 g/mol. The number of hydrogen-bond donors (Lipinski definition) is 2. The molecule has 0 aromatic heterocycles. The molecule has 0 aromatic carbocycles. The molecule has 1 amide bonds. The van der Waals surface area contributed by atoms with Crippen molar-refractivity contribution >= 4 is 16.0 Å². The number of carbonyl (C=O) groups excluding carboxylic acids is 1. The van der Waals surface area contributed by atoms with Crippen molar-refractivity contribution in [3.63, 3.8) is 0 Å². The Bertz CT molecular complexity index is 365. The van der Waals surface area contributed by atoms with E-state index in [4.69, 9.17) is 5.73 Å². The molecule has 0 saturated heterocycles. The minimum Gasteiger partial charge on any atom is -0.348 e. The molecular weight excluding hydrogens is 256 g/mol. The van der Waals surface area contributed by atoms with Gasteiger partial charge in [0.15, 0.2) is 0 Å². The molecule has 0 rings (SSSR count). The predicted octanol–water partition coefficient (Wildman–Crippen LogP) is 0.723. The van der Waals surface area contributed by atoms with Crippen LogP contribution in [0.5, 0.6) is 0 Å². The molecule has 0 aromatic rings. The Morgan fingerprint density at radius 2 is 1.94 bits per heavy atom. The highest BCUT2D eigenvalue weighted by Crippen LogP contribution is 2.14. The lowest BCUT2D eigenvalue weighted by molar-refractivity contribution is -0.129. The van der Waals surface area contributed by atoms with E-state index in [0.717, 1.165) is 31.9 Å². The van der Waals surface area contributed by atoms with Crippen LogP contribution in [0.25, 0.3) is 0 Å². The first-order chi connectivity index (χ1) is 8.07. The molecule has 6 nitrogen and oxygen atoms in total. The van der Waals surface area contributed by atoms with Crippen LogP contribution < -0.4 is 11.1 Å². The van der Waals surface area contributed by atoms with Gasteiger partial charge in [-0.3, -0.25) is 10.5 Å². The summed E-state index contributed by atoms with van der Waals surface area (Å²) in [5, 5.41) is 2.68. The molecule has 0 bridgehead atoms. The zero-order chi connectivity index (χ0) is 14.4. The Morgan fingerprint density at radius 1 is 1.39 bits per heavy atom. The molecule has 18 heavy (non-hydrogen) atoms. The van der Waals surface area contributed by atoms with E-state index in [1.165, 1.54) is 0 Å². The van der Waals surface area contributed by atoms with E-state index >= 15 is 0 Å². The fourth-order valence-electron chi connectivity index (χ4n) is 1.52. The van der Waals surface area contributed by atoms with Gasteiger partial charge in [0, 0.05) is 5.54 Å². The first kappa shape index (κ1) is 17.3. The second-order valence-electron chi connectivity index (χ2n) is 5.05. The number of unbranched alkanes of at least 4 members (excludes halogenated alkanes) is 2. The van der Waals surface area contributed by atoms with Gasteiger partial charge in [0.1, 0.15) is 0 Å². The Kier molecular flexibility index (Phi) is 6.80. The van der Waals surface area contributed by atoms with Crippen molar-refractivity contribution in [2.75, 3.05) is 6.26 Å². The normalized spacial score (nSPS) is 14.3. The van der Waals surface area contributed by atoms with E-state index in [0.29, 0.717) is 0 Å². The summed E-state index contributed by atoms with van der Waals surface area (Å²) in [7, 11) is -3.73. The molecule has 108 valence electrons. The quantitative estimate of drug-likeness (QED) is 0.388. The van der Waals surface area contributed by atoms with Gasteiger partial charge in [-0.15, -0.1) is 0 Å². The highest BCUT2D eigenvalue weighted by atomic mass is 32.2. The maximum absolute atomic E-state index is 11.6. The predicted molar refractivity (Wildman–Crippen MR) is 70.3 cm³/mol. The van der Waals surface area contributed by atoms with Crippen molar-refractivity contribution in [2.45, 2.75) is 58.2 Å². The second kappa shape index (κ2) is 7.06. The number of amides is 1. The van der Waals surface area contributed by atoms with Crippen LogP contribution in [0.15, 0.2) is 0 Å². The molecule has 7 heteroatoms. The van der Waals surface area contributed by atoms with Gasteiger partial charge in [-0.2, -0.15) is 8.42 Å². The summed E-state index contributed by atoms with van der Waals surface area (Å²) in [5.41, 5.74) is 4.93. The number of nitrogens with two attached hydrogens (primary N) is 1. The van der Waals surface area contributed by atoms with Gasteiger partial charge in [-0.05, 0) is 20.3 Å². The van der Waals surface area contributed by atoms with Crippen molar-refractivity contribution in [3.8, 4) is 0 Å². The van der Waals surface area contributed by atoms with E-state index in [1.807, 2.05) is 13.8 Å². The fraction of sp³-hybridized carbons (Fsp3) is 0.909. The second-order valence-corrected chi connectivity index (χ2v) is 6.65. The number of nitrogens with one attached hydrogen (secondary N) is 1. The molecule has 0 aliphatic rings. The molecule has 3 N–H and O–H groups in total. The summed E-state index contributed by atoms with van der Waals surface area (Å²) in [4.78, 5) is 11.6. The number of hydrogen-bond acceptors (Lipinski definition) is 5. The van der Waals surface area contributed by atoms with Crippen LogP contribution in [-0.2, 0) is 19.1 Å². The Labute approximate surface area is 109 Å². The number of carbonyl (C=O) groups is 1. The highest BCUT2D eigenvalue weighted by molar-refractivity contribution is 7.86. The van der Waals surface area contributed by atoms with Gasteiger partial charge < -0.3 is 5.32 Å². The van der Waals surface area contributed by atoms with Crippen molar-refractivity contribution < 1.29 is 17.4 Å². The van der Waals surface area contributed by atoms with Crippen LogP contribution in [-0.4, -0.2) is 32.3 Å². The first-order valence-corrected chi connectivity index (χ1v) is 7.85. The fourth-order valence-corrected chi connectivity index (χ4v) is 1.98. The van der Waals surface area contributed by atoms with Crippen LogP contribution in [0.4, 0.5) is 0 Å². The van der Waals surface area contributed by atoms with Gasteiger partial charge in [0.25, 0.3) is 16.0 Å². The smallest absolute Gasteiger partial charge is 0.266 e. The van der Waals surface area contributed by atoms with Crippen LogP contribution in [0.3, 0.4) is 0 Å². The van der Waals surface area contributed by atoms with Crippen LogP contribution in [0, 0.1) is 0 Å². The summed E-state index contributed by atoms with van der Waals surface area (Å²) in [6.07, 6.45) is 3.34. The summed E-state index contributed by atoms with van der Waals surface area (Å²) in [6.45, 7) is 5.84. The highest BCUT2D eigenvalue weighted by Gasteiger charge is 2.25. The summed E-state index contributed by atoms with van der Waals surface area (Å²) in [5.74, 6) is -0.623. The van der Waals surface area contributed by atoms with Crippen LogP contribution >= 0.6 is 0 Å². The Morgan fingerprint density at radius 3 is 2.39 bits per heavy atom. The number of rotatable bonds is 8. The largest absolute Gasteiger partial charge is 0.348 e. The van der Waals surface area contributed by atoms with Crippen molar-refractivity contribution in [1.82, 2.24) is 5.32 Å². The zero-order valence-corrected chi connectivity index (χ0v) is 12.3.